The van der Waals surface area contributed by atoms with Crippen molar-refractivity contribution in [2.75, 3.05) is 0 Å². The lowest BCUT2D eigenvalue weighted by atomic mass is 10.0. The molecule has 0 saturated heterocycles. The number of fused-ring (bicyclic) bond motifs is 1. The standard InChI is InChI=1S/C12H8O8S2/c13-11(14)5-1-7-8(10(3-5)22(19)20)2-6(12(15)16)4-9(7)21(17)18/h1-4H,(H,13,14)(H,15,16)(H,17,18)(H,19,20). The van der Waals surface area contributed by atoms with Gasteiger partial charge in [0.1, 0.15) is 0 Å². The van der Waals surface area contributed by atoms with Crippen molar-refractivity contribution in [1.29, 1.82) is 0 Å². The second kappa shape index (κ2) is 5.93. The van der Waals surface area contributed by atoms with Crippen molar-refractivity contribution in [3.05, 3.63) is 35.4 Å². The number of carbonyl (C=O) groups is 2. The first-order valence-electron chi connectivity index (χ1n) is 5.52. The Bertz CT molecular complexity index is 787. The van der Waals surface area contributed by atoms with Crippen LogP contribution in [0.3, 0.4) is 0 Å². The fourth-order valence-corrected chi connectivity index (χ4v) is 3.10. The molecule has 4 N–H and O–H groups in total. The molecular formula is C12H8O8S2. The predicted octanol–water partition coefficient (Wildman–Crippen LogP) is 1.40. The lowest BCUT2D eigenvalue weighted by Crippen LogP contribution is -2.04. The molecule has 0 fully saturated rings. The SMILES string of the molecule is O=C(O)c1cc(S(=O)O)c2cc(C(=O)O)cc(S(=O)O)c2c1. The van der Waals surface area contributed by atoms with Crippen LogP contribution in [-0.4, -0.2) is 39.7 Å². The predicted molar refractivity (Wildman–Crippen MR) is 75.9 cm³/mol. The summed E-state index contributed by atoms with van der Waals surface area (Å²) in [5.74, 6) is -2.80. The molecule has 2 rings (SSSR count). The Balaban J connectivity index is 3.03. The Hall–Kier alpha value is -2.14. The first kappa shape index (κ1) is 16.2. The summed E-state index contributed by atoms with van der Waals surface area (Å²) in [6.45, 7) is 0. The van der Waals surface area contributed by atoms with E-state index in [1.54, 1.807) is 0 Å². The lowest BCUT2D eigenvalue weighted by Gasteiger charge is -2.10. The van der Waals surface area contributed by atoms with Crippen molar-refractivity contribution in [2.45, 2.75) is 9.79 Å². The fraction of sp³-hybridized carbons (Fsp3) is 0. The van der Waals surface area contributed by atoms with Crippen LogP contribution in [0.1, 0.15) is 20.7 Å². The van der Waals surface area contributed by atoms with Gasteiger partial charge in [-0.1, -0.05) is 0 Å². The summed E-state index contributed by atoms with van der Waals surface area (Å²) in [6.07, 6.45) is 0. The smallest absolute Gasteiger partial charge is 0.335 e. The van der Waals surface area contributed by atoms with E-state index in [0.717, 1.165) is 24.3 Å². The maximum atomic E-state index is 11.4. The summed E-state index contributed by atoms with van der Waals surface area (Å²) in [6, 6.07) is 3.92. The molecule has 0 aliphatic heterocycles. The van der Waals surface area contributed by atoms with Crippen LogP contribution in [0.2, 0.25) is 0 Å². The Kier molecular flexibility index (Phi) is 4.37. The van der Waals surface area contributed by atoms with E-state index in [2.05, 4.69) is 0 Å². The summed E-state index contributed by atoms with van der Waals surface area (Å²) < 4.78 is 41.3. The van der Waals surface area contributed by atoms with E-state index in [4.69, 9.17) is 10.2 Å². The minimum atomic E-state index is -2.61. The zero-order valence-corrected chi connectivity index (χ0v) is 12.2. The van der Waals surface area contributed by atoms with Crippen molar-refractivity contribution in [3.63, 3.8) is 0 Å². The maximum Gasteiger partial charge on any atom is 0.335 e. The van der Waals surface area contributed by atoms with Gasteiger partial charge in [0, 0.05) is 10.8 Å². The van der Waals surface area contributed by atoms with E-state index in [0.29, 0.717) is 0 Å². The highest BCUT2D eigenvalue weighted by atomic mass is 32.2. The van der Waals surface area contributed by atoms with Crippen molar-refractivity contribution < 1.29 is 37.3 Å². The summed E-state index contributed by atoms with van der Waals surface area (Å²) >= 11 is -5.22. The van der Waals surface area contributed by atoms with Crippen LogP contribution in [0.4, 0.5) is 0 Å². The molecule has 0 spiro atoms. The molecule has 2 aromatic rings. The topological polar surface area (TPSA) is 149 Å². The highest BCUT2D eigenvalue weighted by molar-refractivity contribution is 7.80. The van der Waals surface area contributed by atoms with Gasteiger partial charge >= 0.3 is 11.9 Å². The lowest BCUT2D eigenvalue weighted by molar-refractivity contribution is 0.0685. The Morgan fingerprint density at radius 3 is 1.27 bits per heavy atom. The summed E-state index contributed by atoms with van der Waals surface area (Å²) in [5.41, 5.74) is -0.723. The highest BCUT2D eigenvalue weighted by Gasteiger charge is 2.19. The minimum Gasteiger partial charge on any atom is -0.478 e. The molecule has 22 heavy (non-hydrogen) atoms. The van der Waals surface area contributed by atoms with Gasteiger partial charge in [-0.05, 0) is 24.3 Å². The fourth-order valence-electron chi connectivity index (χ4n) is 1.93. The van der Waals surface area contributed by atoms with Crippen LogP contribution in [0.15, 0.2) is 34.1 Å². The molecule has 0 amide bonds. The Labute approximate surface area is 128 Å². The molecule has 2 aromatic carbocycles. The van der Waals surface area contributed by atoms with Crippen LogP contribution in [-0.2, 0) is 22.2 Å². The normalized spacial score (nSPS) is 13.7. The van der Waals surface area contributed by atoms with Gasteiger partial charge in [0.15, 0.2) is 22.2 Å². The monoisotopic (exact) mass is 344 g/mol. The molecule has 2 atom stereocenters. The van der Waals surface area contributed by atoms with Crippen molar-refractivity contribution in [3.8, 4) is 0 Å². The first-order chi connectivity index (χ1) is 10.2. The molecule has 8 nitrogen and oxygen atoms in total. The molecule has 0 radical (unpaired) electrons. The second-order valence-electron chi connectivity index (χ2n) is 4.15. The maximum absolute atomic E-state index is 11.4. The molecular weight excluding hydrogens is 336 g/mol. The average molecular weight is 344 g/mol. The Morgan fingerprint density at radius 1 is 0.727 bits per heavy atom. The molecule has 116 valence electrons. The zero-order valence-electron chi connectivity index (χ0n) is 10.5. The van der Waals surface area contributed by atoms with Crippen LogP contribution in [0, 0.1) is 0 Å². The van der Waals surface area contributed by atoms with E-state index in [1.807, 2.05) is 0 Å². The number of aromatic carboxylic acids is 2. The van der Waals surface area contributed by atoms with Crippen molar-refractivity contribution >= 4 is 44.9 Å². The quantitative estimate of drug-likeness (QED) is 0.608. The third kappa shape index (κ3) is 2.90. The van der Waals surface area contributed by atoms with E-state index in [-0.39, 0.29) is 31.7 Å². The van der Waals surface area contributed by atoms with Crippen LogP contribution < -0.4 is 0 Å². The Morgan fingerprint density at radius 2 is 1.05 bits per heavy atom. The average Bonchev–Trinajstić information content (AvgIpc) is 2.44. The highest BCUT2D eigenvalue weighted by Crippen LogP contribution is 2.30. The van der Waals surface area contributed by atoms with Gasteiger partial charge in [-0.25, -0.2) is 18.0 Å². The summed E-state index contributed by atoms with van der Waals surface area (Å²) in [4.78, 5) is 21.4. The largest absolute Gasteiger partial charge is 0.478 e. The van der Waals surface area contributed by atoms with Gasteiger partial charge in [0.25, 0.3) is 0 Å². The van der Waals surface area contributed by atoms with E-state index >= 15 is 0 Å². The molecule has 0 heterocycles. The van der Waals surface area contributed by atoms with Gasteiger partial charge in [-0.3, -0.25) is 0 Å². The zero-order chi connectivity index (χ0) is 16.6. The molecule has 2 unspecified atom stereocenters. The molecule has 0 aliphatic carbocycles. The van der Waals surface area contributed by atoms with Gasteiger partial charge in [-0.15, -0.1) is 0 Å². The summed E-state index contributed by atoms with van der Waals surface area (Å²) in [7, 11) is 0. The van der Waals surface area contributed by atoms with Gasteiger partial charge in [0.2, 0.25) is 0 Å². The molecule has 0 aliphatic rings. The van der Waals surface area contributed by atoms with Gasteiger partial charge in [0.05, 0.1) is 20.9 Å². The molecule has 0 aromatic heterocycles. The van der Waals surface area contributed by atoms with E-state index in [1.165, 1.54) is 0 Å². The van der Waals surface area contributed by atoms with E-state index in [9.17, 15) is 27.1 Å². The van der Waals surface area contributed by atoms with Crippen LogP contribution in [0.25, 0.3) is 10.8 Å². The minimum absolute atomic E-state index is 0.0804. The van der Waals surface area contributed by atoms with Gasteiger partial charge < -0.3 is 19.3 Å². The van der Waals surface area contributed by atoms with Crippen LogP contribution >= 0.6 is 0 Å². The third-order valence-corrected chi connectivity index (χ3v) is 4.29. The second-order valence-corrected chi connectivity index (χ2v) is 6.03. The first-order valence-corrected chi connectivity index (χ1v) is 7.74. The number of carboxylic acid groups (broad SMARTS) is 2. The number of benzene rings is 2. The molecule has 0 saturated carbocycles. The van der Waals surface area contributed by atoms with Crippen LogP contribution in [0.5, 0.6) is 0 Å². The molecule has 10 heteroatoms. The van der Waals surface area contributed by atoms with Crippen molar-refractivity contribution in [1.82, 2.24) is 0 Å². The number of rotatable bonds is 4. The van der Waals surface area contributed by atoms with E-state index < -0.39 is 34.1 Å². The third-order valence-electron chi connectivity index (χ3n) is 2.86. The number of carboxylic acids is 2. The number of hydrogen-bond donors (Lipinski definition) is 4. The molecule has 0 bridgehead atoms. The summed E-state index contributed by atoms with van der Waals surface area (Å²) in [5, 5.41) is 17.9. The van der Waals surface area contributed by atoms with Gasteiger partial charge in [-0.2, -0.15) is 0 Å². The number of hydrogen-bond acceptors (Lipinski definition) is 4. The van der Waals surface area contributed by atoms with Crippen molar-refractivity contribution in [2.24, 2.45) is 0 Å².